The number of hydrogen-bond donors (Lipinski definition) is 3. The fourth-order valence-corrected chi connectivity index (χ4v) is 3.62. The van der Waals surface area contributed by atoms with E-state index in [0.29, 0.717) is 11.8 Å². The maximum absolute atomic E-state index is 4.61. The second-order valence-corrected chi connectivity index (χ2v) is 6.56. The van der Waals surface area contributed by atoms with Crippen molar-refractivity contribution in [2.45, 2.75) is 6.17 Å². The summed E-state index contributed by atoms with van der Waals surface area (Å²) >= 11 is 0. The molecule has 0 aliphatic carbocycles. The minimum absolute atomic E-state index is 0.153. The van der Waals surface area contributed by atoms with Gasteiger partial charge < -0.3 is 20.5 Å². The van der Waals surface area contributed by atoms with E-state index in [-0.39, 0.29) is 6.17 Å². The molecule has 7 heteroatoms. The van der Waals surface area contributed by atoms with Crippen molar-refractivity contribution in [1.29, 1.82) is 0 Å². The van der Waals surface area contributed by atoms with Gasteiger partial charge in [-0.1, -0.05) is 36.4 Å². The van der Waals surface area contributed by atoms with Crippen molar-refractivity contribution in [3.05, 3.63) is 60.3 Å². The molecule has 27 heavy (non-hydrogen) atoms. The second kappa shape index (κ2) is 5.98. The molecule has 0 fully saturated rings. The van der Waals surface area contributed by atoms with Gasteiger partial charge in [-0.15, -0.1) is 10.2 Å². The van der Waals surface area contributed by atoms with Gasteiger partial charge in [0.25, 0.3) is 0 Å². The summed E-state index contributed by atoms with van der Waals surface area (Å²) in [6.07, 6.45) is 2.00. The van der Waals surface area contributed by atoms with Crippen molar-refractivity contribution < 1.29 is 0 Å². The second-order valence-electron chi connectivity index (χ2n) is 6.56. The average molecular weight is 357 g/mol. The van der Waals surface area contributed by atoms with E-state index in [0.717, 1.165) is 22.5 Å². The van der Waals surface area contributed by atoms with E-state index in [9.17, 15) is 0 Å². The summed E-state index contributed by atoms with van der Waals surface area (Å²) in [7, 11) is 3.85. The van der Waals surface area contributed by atoms with Crippen molar-refractivity contribution in [2.24, 2.45) is 7.05 Å². The Morgan fingerprint density at radius 1 is 1.00 bits per heavy atom. The summed E-state index contributed by atoms with van der Waals surface area (Å²) in [6, 6.07) is 16.5. The summed E-state index contributed by atoms with van der Waals surface area (Å²) in [6.45, 7) is 0. The minimum Gasteiger partial charge on any atom is -0.361 e. The molecule has 0 spiro atoms. The molecule has 3 heterocycles. The number of rotatable bonds is 2. The highest BCUT2D eigenvalue weighted by Gasteiger charge is 2.25. The van der Waals surface area contributed by atoms with Gasteiger partial charge in [0.2, 0.25) is 5.95 Å². The molecular weight excluding hydrogens is 338 g/mol. The molecule has 0 saturated heterocycles. The third-order valence-corrected chi connectivity index (χ3v) is 4.91. The van der Waals surface area contributed by atoms with Crippen LogP contribution in [0, 0.1) is 0 Å². The first-order valence-electron chi connectivity index (χ1n) is 8.83. The lowest BCUT2D eigenvalue weighted by Crippen LogP contribution is -2.19. The van der Waals surface area contributed by atoms with Crippen LogP contribution in [0.3, 0.4) is 0 Å². The number of anilines is 3. The molecular formula is C20H19N7. The summed E-state index contributed by atoms with van der Waals surface area (Å²) in [5.41, 5.74) is 5.05. The Morgan fingerprint density at radius 3 is 2.70 bits per heavy atom. The standard InChI is InChI=1S/C20H19N7/c1-21-20-24-19-17(25-26-20)13-8-3-5-9-15(13)22-18(23-19)14-11-27(2)16-10-6-4-7-12(14)16/h3-11,18,22H,1-2H3,(H2,21,23,24,26). The number of para-hydroxylation sites is 2. The van der Waals surface area contributed by atoms with Gasteiger partial charge >= 0.3 is 0 Å². The van der Waals surface area contributed by atoms with Crippen molar-refractivity contribution in [3.63, 3.8) is 0 Å². The predicted molar refractivity (Wildman–Crippen MR) is 108 cm³/mol. The highest BCUT2D eigenvalue weighted by Crippen LogP contribution is 2.39. The SMILES string of the molecule is CNc1nnc2c(n1)NC(c1cn(C)c3ccccc13)Nc1ccccc1-2. The molecule has 1 unspecified atom stereocenters. The molecule has 134 valence electrons. The van der Waals surface area contributed by atoms with Crippen molar-refractivity contribution in [2.75, 3.05) is 23.0 Å². The molecule has 1 atom stereocenters. The van der Waals surface area contributed by atoms with Crippen LogP contribution in [0.25, 0.3) is 22.2 Å². The molecule has 0 bridgehead atoms. The number of aromatic nitrogens is 4. The Balaban J connectivity index is 1.71. The van der Waals surface area contributed by atoms with Crippen molar-refractivity contribution >= 4 is 28.4 Å². The zero-order valence-corrected chi connectivity index (χ0v) is 15.1. The Labute approximate surface area is 156 Å². The Hall–Kier alpha value is -3.61. The van der Waals surface area contributed by atoms with E-state index in [4.69, 9.17) is 0 Å². The maximum Gasteiger partial charge on any atom is 0.244 e. The van der Waals surface area contributed by atoms with Crippen LogP contribution in [0.2, 0.25) is 0 Å². The van der Waals surface area contributed by atoms with Gasteiger partial charge in [-0.2, -0.15) is 4.98 Å². The lowest BCUT2D eigenvalue weighted by molar-refractivity contribution is 0.876. The molecule has 2 aromatic heterocycles. The third-order valence-electron chi connectivity index (χ3n) is 4.91. The molecule has 2 aromatic carbocycles. The summed E-state index contributed by atoms with van der Waals surface area (Å²) in [5.74, 6) is 1.18. The van der Waals surface area contributed by atoms with Crippen LogP contribution >= 0.6 is 0 Å². The van der Waals surface area contributed by atoms with E-state index in [2.05, 4.69) is 79.3 Å². The third kappa shape index (κ3) is 2.47. The predicted octanol–water partition coefficient (Wildman–Crippen LogP) is 3.61. The van der Waals surface area contributed by atoms with Crippen LogP contribution in [0.1, 0.15) is 11.7 Å². The first-order valence-corrected chi connectivity index (χ1v) is 8.83. The smallest absolute Gasteiger partial charge is 0.244 e. The highest BCUT2D eigenvalue weighted by atomic mass is 15.3. The number of nitrogens with zero attached hydrogens (tertiary/aromatic N) is 4. The van der Waals surface area contributed by atoms with Crippen LogP contribution in [0.4, 0.5) is 17.5 Å². The Bertz CT molecular complexity index is 1150. The van der Waals surface area contributed by atoms with E-state index in [1.54, 1.807) is 7.05 Å². The van der Waals surface area contributed by atoms with Crippen LogP contribution in [-0.4, -0.2) is 26.8 Å². The normalized spacial score (nSPS) is 15.3. The lowest BCUT2D eigenvalue weighted by atomic mass is 10.1. The number of hydrogen-bond acceptors (Lipinski definition) is 6. The Morgan fingerprint density at radius 2 is 1.81 bits per heavy atom. The summed E-state index contributed by atoms with van der Waals surface area (Å²) in [4.78, 5) is 4.61. The first-order chi connectivity index (χ1) is 13.2. The molecule has 5 rings (SSSR count). The van der Waals surface area contributed by atoms with Gasteiger partial charge in [0.05, 0.1) is 0 Å². The largest absolute Gasteiger partial charge is 0.361 e. The minimum atomic E-state index is -0.153. The number of aryl methyl sites for hydroxylation is 1. The lowest BCUT2D eigenvalue weighted by Gasteiger charge is -2.19. The van der Waals surface area contributed by atoms with E-state index in [1.165, 1.54) is 10.9 Å². The fraction of sp³-hybridized carbons (Fsp3) is 0.150. The monoisotopic (exact) mass is 357 g/mol. The van der Waals surface area contributed by atoms with Gasteiger partial charge in [0, 0.05) is 48.0 Å². The average Bonchev–Trinajstić information content (AvgIpc) is 2.95. The molecule has 4 aromatic rings. The molecule has 0 saturated carbocycles. The molecule has 3 N–H and O–H groups in total. The van der Waals surface area contributed by atoms with Crippen LogP contribution in [0.15, 0.2) is 54.7 Å². The van der Waals surface area contributed by atoms with E-state index >= 15 is 0 Å². The van der Waals surface area contributed by atoms with Gasteiger partial charge in [0.15, 0.2) is 5.82 Å². The maximum atomic E-state index is 4.61. The fourth-order valence-electron chi connectivity index (χ4n) is 3.62. The quantitative estimate of drug-likeness (QED) is 0.509. The number of fused-ring (bicyclic) bond motifs is 4. The zero-order valence-electron chi connectivity index (χ0n) is 15.1. The number of nitrogens with one attached hydrogen (secondary N) is 3. The van der Waals surface area contributed by atoms with Gasteiger partial charge in [-0.3, -0.25) is 0 Å². The van der Waals surface area contributed by atoms with Gasteiger partial charge in [-0.05, 0) is 12.1 Å². The van der Waals surface area contributed by atoms with Crippen LogP contribution < -0.4 is 16.0 Å². The van der Waals surface area contributed by atoms with E-state index < -0.39 is 0 Å². The summed E-state index contributed by atoms with van der Waals surface area (Å²) < 4.78 is 2.14. The summed E-state index contributed by atoms with van der Waals surface area (Å²) in [5, 5.41) is 19.9. The van der Waals surface area contributed by atoms with Gasteiger partial charge in [-0.25, -0.2) is 0 Å². The molecule has 0 radical (unpaired) electrons. The zero-order chi connectivity index (χ0) is 18.4. The molecule has 7 nitrogen and oxygen atoms in total. The van der Waals surface area contributed by atoms with Gasteiger partial charge in [0.1, 0.15) is 11.9 Å². The number of benzene rings is 2. The van der Waals surface area contributed by atoms with Crippen LogP contribution in [0.5, 0.6) is 0 Å². The van der Waals surface area contributed by atoms with Crippen molar-refractivity contribution in [1.82, 2.24) is 19.7 Å². The highest BCUT2D eigenvalue weighted by molar-refractivity contribution is 5.88. The van der Waals surface area contributed by atoms with E-state index in [1.807, 2.05) is 18.2 Å². The molecule has 0 amide bonds. The molecule has 1 aliphatic heterocycles. The topological polar surface area (TPSA) is 79.7 Å². The first kappa shape index (κ1) is 15.6. The Kier molecular flexibility index (Phi) is 3.46. The molecule has 1 aliphatic rings. The van der Waals surface area contributed by atoms with Crippen LogP contribution in [-0.2, 0) is 7.05 Å². The van der Waals surface area contributed by atoms with Crippen molar-refractivity contribution in [3.8, 4) is 11.3 Å².